The summed E-state index contributed by atoms with van der Waals surface area (Å²) in [5.41, 5.74) is 2.10. The summed E-state index contributed by atoms with van der Waals surface area (Å²) >= 11 is 1.27. The maximum atomic E-state index is 12.3. The second kappa shape index (κ2) is 10.7. The number of amides is 1. The van der Waals surface area contributed by atoms with Gasteiger partial charge in [0.1, 0.15) is 5.75 Å². The smallest absolute Gasteiger partial charge is 0.230 e. The van der Waals surface area contributed by atoms with Crippen molar-refractivity contribution < 1.29 is 9.53 Å². The first kappa shape index (κ1) is 21.7. The molecule has 1 amide bonds. The van der Waals surface area contributed by atoms with E-state index in [2.05, 4.69) is 27.6 Å². The molecule has 0 aliphatic rings. The summed E-state index contributed by atoms with van der Waals surface area (Å²) in [7, 11) is 0. The highest BCUT2D eigenvalue weighted by Crippen LogP contribution is 2.23. The normalized spacial score (nSPS) is 11.8. The number of carbonyl (C=O) groups excluding carboxylic acids is 1. The van der Waals surface area contributed by atoms with Crippen LogP contribution in [0.5, 0.6) is 5.75 Å². The first-order valence-corrected chi connectivity index (χ1v) is 10.9. The van der Waals surface area contributed by atoms with Crippen molar-refractivity contribution in [1.82, 2.24) is 20.2 Å². The van der Waals surface area contributed by atoms with E-state index in [4.69, 9.17) is 10.6 Å². The Bertz CT molecular complexity index is 944. The average Bonchev–Trinajstić information content (AvgIpc) is 3.13. The number of ether oxygens (including phenoxy) is 1. The second-order valence-corrected chi connectivity index (χ2v) is 7.86. The van der Waals surface area contributed by atoms with Crippen LogP contribution in [0.2, 0.25) is 0 Å². The van der Waals surface area contributed by atoms with E-state index in [9.17, 15) is 4.79 Å². The third-order valence-electron chi connectivity index (χ3n) is 4.54. The average molecular weight is 426 g/mol. The third kappa shape index (κ3) is 6.00. The van der Waals surface area contributed by atoms with Gasteiger partial charge in [-0.3, -0.25) is 4.79 Å². The van der Waals surface area contributed by atoms with E-state index in [1.165, 1.54) is 22.0 Å². The molecule has 8 heteroatoms. The number of hydrogen-bond donors (Lipinski definition) is 2. The van der Waals surface area contributed by atoms with Gasteiger partial charge in [0.2, 0.25) is 11.1 Å². The summed E-state index contributed by atoms with van der Waals surface area (Å²) in [5.74, 6) is 7.65. The molecule has 0 fully saturated rings. The van der Waals surface area contributed by atoms with Crippen molar-refractivity contribution in [3.63, 3.8) is 0 Å². The summed E-state index contributed by atoms with van der Waals surface area (Å²) in [5, 5.41) is 11.8. The first-order valence-electron chi connectivity index (χ1n) is 9.96. The van der Waals surface area contributed by atoms with E-state index in [-0.39, 0.29) is 17.7 Å². The van der Waals surface area contributed by atoms with Gasteiger partial charge < -0.3 is 15.9 Å². The molecule has 0 unspecified atom stereocenters. The number of thioether (sulfide) groups is 1. The van der Waals surface area contributed by atoms with Gasteiger partial charge in [-0.1, -0.05) is 42.1 Å². The molecule has 0 aliphatic carbocycles. The molecule has 0 bridgehead atoms. The summed E-state index contributed by atoms with van der Waals surface area (Å²) < 4.78 is 6.86. The van der Waals surface area contributed by atoms with E-state index in [1.54, 1.807) is 0 Å². The minimum Gasteiger partial charge on any atom is -0.494 e. The Morgan fingerprint density at radius 3 is 2.60 bits per heavy atom. The van der Waals surface area contributed by atoms with Crippen LogP contribution in [0.15, 0.2) is 59.8 Å². The lowest BCUT2D eigenvalue weighted by molar-refractivity contribution is -0.119. The fourth-order valence-electron chi connectivity index (χ4n) is 2.99. The van der Waals surface area contributed by atoms with E-state index in [0.717, 1.165) is 24.2 Å². The number of hydrogen-bond acceptors (Lipinski definition) is 6. The van der Waals surface area contributed by atoms with Crippen LogP contribution in [0.4, 0.5) is 0 Å². The Morgan fingerprint density at radius 1 is 1.17 bits per heavy atom. The summed E-state index contributed by atoms with van der Waals surface area (Å²) in [4.78, 5) is 12.3. The van der Waals surface area contributed by atoms with Crippen LogP contribution in [-0.4, -0.2) is 39.2 Å². The largest absolute Gasteiger partial charge is 0.494 e. The number of carbonyl (C=O) groups is 1. The molecule has 1 aromatic heterocycles. The molecule has 3 aromatic rings. The zero-order valence-corrected chi connectivity index (χ0v) is 18.1. The number of nitrogens with zero attached hydrogens (tertiary/aromatic N) is 3. The Labute approximate surface area is 181 Å². The SMILES string of the molecule is CCOc1ccc(-c2nnc(SCC(=O)N[C@@H](C)CCc3ccccc3)n2N)cc1. The fraction of sp³-hybridized carbons (Fsp3) is 0.318. The van der Waals surface area contributed by atoms with Gasteiger partial charge in [-0.05, 0) is 56.5 Å². The topological polar surface area (TPSA) is 95.1 Å². The first-order chi connectivity index (χ1) is 14.6. The maximum Gasteiger partial charge on any atom is 0.230 e. The molecule has 30 heavy (non-hydrogen) atoms. The quantitative estimate of drug-likeness (QED) is 0.382. The van der Waals surface area contributed by atoms with E-state index in [0.29, 0.717) is 17.6 Å². The van der Waals surface area contributed by atoms with Crippen LogP contribution in [0.25, 0.3) is 11.4 Å². The van der Waals surface area contributed by atoms with Crippen LogP contribution >= 0.6 is 11.8 Å². The van der Waals surface area contributed by atoms with Crippen LogP contribution in [0.3, 0.4) is 0 Å². The number of nitrogen functional groups attached to an aromatic ring is 1. The van der Waals surface area contributed by atoms with Crippen LogP contribution in [0.1, 0.15) is 25.8 Å². The van der Waals surface area contributed by atoms with E-state index >= 15 is 0 Å². The van der Waals surface area contributed by atoms with Crippen LogP contribution < -0.4 is 15.9 Å². The highest BCUT2D eigenvalue weighted by Gasteiger charge is 2.15. The minimum atomic E-state index is -0.0498. The van der Waals surface area contributed by atoms with Gasteiger partial charge in [0, 0.05) is 11.6 Å². The maximum absolute atomic E-state index is 12.3. The van der Waals surface area contributed by atoms with Gasteiger partial charge in [-0.15, -0.1) is 10.2 Å². The molecule has 3 N–H and O–H groups in total. The predicted octanol–water partition coefficient (Wildman–Crippen LogP) is 3.29. The molecule has 3 rings (SSSR count). The molecule has 1 atom stereocenters. The zero-order valence-electron chi connectivity index (χ0n) is 17.2. The number of benzene rings is 2. The third-order valence-corrected chi connectivity index (χ3v) is 5.48. The van der Waals surface area contributed by atoms with Gasteiger partial charge >= 0.3 is 0 Å². The molecule has 0 saturated carbocycles. The molecule has 0 saturated heterocycles. The van der Waals surface area contributed by atoms with Gasteiger partial charge in [-0.2, -0.15) is 0 Å². The minimum absolute atomic E-state index is 0.0498. The molecule has 1 heterocycles. The molecular formula is C22H27N5O2S. The molecule has 0 radical (unpaired) electrons. The van der Waals surface area contributed by atoms with Crippen LogP contribution in [-0.2, 0) is 11.2 Å². The molecular weight excluding hydrogens is 398 g/mol. The number of rotatable bonds is 10. The lowest BCUT2D eigenvalue weighted by Crippen LogP contribution is -2.34. The second-order valence-electron chi connectivity index (χ2n) is 6.92. The predicted molar refractivity (Wildman–Crippen MR) is 120 cm³/mol. The number of aromatic nitrogens is 3. The van der Waals surface area contributed by atoms with Crippen molar-refractivity contribution >= 4 is 17.7 Å². The monoisotopic (exact) mass is 425 g/mol. The Morgan fingerprint density at radius 2 is 1.90 bits per heavy atom. The molecule has 2 aromatic carbocycles. The van der Waals surface area contributed by atoms with Gasteiger partial charge in [0.25, 0.3) is 0 Å². The number of nitrogens with two attached hydrogens (primary N) is 1. The molecule has 158 valence electrons. The standard InChI is InChI=1S/C22H27N5O2S/c1-3-29-19-13-11-18(12-14-19)21-25-26-22(27(21)23)30-15-20(28)24-16(2)9-10-17-7-5-4-6-8-17/h4-8,11-14,16H,3,9-10,15,23H2,1-2H3,(H,24,28)/t16-/m0/s1. The van der Waals surface area contributed by atoms with Crippen molar-refractivity contribution in [1.29, 1.82) is 0 Å². The van der Waals surface area contributed by atoms with Gasteiger partial charge in [0.05, 0.1) is 12.4 Å². The Kier molecular flexibility index (Phi) is 7.73. The summed E-state index contributed by atoms with van der Waals surface area (Å²) in [6.07, 6.45) is 1.81. The zero-order chi connectivity index (χ0) is 21.3. The lowest BCUT2D eigenvalue weighted by Gasteiger charge is -2.13. The molecule has 7 nitrogen and oxygen atoms in total. The summed E-state index contributed by atoms with van der Waals surface area (Å²) in [6, 6.07) is 17.8. The fourth-order valence-corrected chi connectivity index (χ4v) is 3.65. The highest BCUT2D eigenvalue weighted by atomic mass is 32.2. The van der Waals surface area contributed by atoms with E-state index < -0.39 is 0 Å². The molecule has 0 aliphatic heterocycles. The van der Waals surface area contributed by atoms with Crippen LogP contribution in [0, 0.1) is 0 Å². The Hall–Kier alpha value is -3.00. The lowest BCUT2D eigenvalue weighted by atomic mass is 10.1. The van der Waals surface area contributed by atoms with Crippen molar-refractivity contribution in [3.05, 3.63) is 60.2 Å². The van der Waals surface area contributed by atoms with E-state index in [1.807, 2.05) is 56.3 Å². The number of nitrogens with one attached hydrogen (secondary N) is 1. The van der Waals surface area contributed by atoms with Crippen molar-refractivity contribution in [3.8, 4) is 17.1 Å². The number of aryl methyl sites for hydroxylation is 1. The van der Waals surface area contributed by atoms with Crippen molar-refractivity contribution in [2.45, 2.75) is 37.9 Å². The Balaban J connectivity index is 1.49. The summed E-state index contributed by atoms with van der Waals surface area (Å²) in [6.45, 7) is 4.56. The highest BCUT2D eigenvalue weighted by molar-refractivity contribution is 7.99. The van der Waals surface area contributed by atoms with Gasteiger partial charge in [0.15, 0.2) is 5.82 Å². The van der Waals surface area contributed by atoms with Crippen molar-refractivity contribution in [2.24, 2.45) is 0 Å². The molecule has 0 spiro atoms. The van der Waals surface area contributed by atoms with Crippen molar-refractivity contribution in [2.75, 3.05) is 18.2 Å². The van der Waals surface area contributed by atoms with Gasteiger partial charge in [-0.25, -0.2) is 4.68 Å².